The molecule has 1 aliphatic rings. The lowest BCUT2D eigenvalue weighted by Crippen LogP contribution is -2.31. The van der Waals surface area contributed by atoms with Crippen molar-refractivity contribution in [2.75, 3.05) is 6.54 Å². The van der Waals surface area contributed by atoms with Crippen molar-refractivity contribution in [1.82, 2.24) is 15.8 Å². The molecule has 0 aromatic carbocycles. The molecule has 50 valence electrons. The van der Waals surface area contributed by atoms with Crippen molar-refractivity contribution in [3.05, 3.63) is 12.7 Å². The van der Waals surface area contributed by atoms with Gasteiger partial charge < -0.3 is 0 Å². The Morgan fingerprint density at radius 2 is 2.67 bits per heavy atom. The van der Waals surface area contributed by atoms with Crippen LogP contribution in [-0.2, 0) is 0 Å². The van der Waals surface area contributed by atoms with E-state index < -0.39 is 0 Å². The van der Waals surface area contributed by atoms with E-state index in [1.54, 1.807) is 6.08 Å². The third-order valence-corrected chi connectivity index (χ3v) is 1.36. The minimum atomic E-state index is 0.651. The lowest BCUT2D eigenvalue weighted by molar-refractivity contribution is 0.671. The summed E-state index contributed by atoms with van der Waals surface area (Å²) in [7, 11) is 0. The number of amidine groups is 1. The Balaban J connectivity index is 2.30. The van der Waals surface area contributed by atoms with E-state index in [-0.39, 0.29) is 0 Å². The molecule has 0 aromatic heterocycles. The lowest BCUT2D eigenvalue weighted by atomic mass is 10.7. The van der Waals surface area contributed by atoms with Gasteiger partial charge in [-0.2, -0.15) is 10.4 Å². The minimum Gasteiger partial charge on any atom is -0.285 e. The van der Waals surface area contributed by atoms with Gasteiger partial charge in [-0.1, -0.05) is 6.08 Å². The number of nitrogens with one attached hydrogen (secondary N) is 3. The molecular formula is C4H8N4S. The van der Waals surface area contributed by atoms with E-state index in [0.717, 1.165) is 5.17 Å². The van der Waals surface area contributed by atoms with Gasteiger partial charge in [0, 0.05) is 11.9 Å². The standard InChI is InChI=1S/C4H8N4S/c1-2-3-5-4-6-7-8-9-4/h2,7-8H,1,3H2,(H,5,6). The fraction of sp³-hybridized carbons (Fsp3) is 0.250. The number of hydrogen-bond donors (Lipinski definition) is 3. The minimum absolute atomic E-state index is 0.651. The van der Waals surface area contributed by atoms with Gasteiger partial charge in [-0.15, -0.1) is 6.58 Å². The summed E-state index contributed by atoms with van der Waals surface area (Å²) in [5.41, 5.74) is 5.47. The van der Waals surface area contributed by atoms with E-state index in [9.17, 15) is 0 Å². The van der Waals surface area contributed by atoms with Crippen LogP contribution in [-0.4, -0.2) is 11.7 Å². The van der Waals surface area contributed by atoms with E-state index in [0.29, 0.717) is 6.54 Å². The molecule has 4 nitrogen and oxygen atoms in total. The molecule has 1 aliphatic heterocycles. The Hall–Kier alpha value is -0.520. The number of aliphatic imine (C=N–C) groups is 1. The monoisotopic (exact) mass is 144 g/mol. The fourth-order valence-corrected chi connectivity index (χ4v) is 0.837. The van der Waals surface area contributed by atoms with Crippen LogP contribution in [0.1, 0.15) is 0 Å². The van der Waals surface area contributed by atoms with Crippen molar-refractivity contribution in [3.8, 4) is 0 Å². The van der Waals surface area contributed by atoms with Crippen LogP contribution in [0.5, 0.6) is 0 Å². The average Bonchev–Trinajstić information content (AvgIpc) is 2.34. The first-order chi connectivity index (χ1) is 4.43. The highest BCUT2D eigenvalue weighted by Gasteiger charge is 2.03. The van der Waals surface area contributed by atoms with Gasteiger partial charge >= 0.3 is 0 Å². The molecule has 0 radical (unpaired) electrons. The first-order valence-electron chi connectivity index (χ1n) is 2.51. The van der Waals surface area contributed by atoms with Gasteiger partial charge in [-0.05, 0) is 0 Å². The van der Waals surface area contributed by atoms with Crippen LogP contribution in [0, 0.1) is 0 Å². The Labute approximate surface area is 57.9 Å². The van der Waals surface area contributed by atoms with Gasteiger partial charge in [0.25, 0.3) is 0 Å². The predicted octanol–water partition coefficient (Wildman–Crippen LogP) is -0.211. The van der Waals surface area contributed by atoms with Crippen molar-refractivity contribution in [3.63, 3.8) is 0 Å². The lowest BCUT2D eigenvalue weighted by Gasteiger charge is -1.89. The van der Waals surface area contributed by atoms with Crippen molar-refractivity contribution in [2.24, 2.45) is 4.99 Å². The van der Waals surface area contributed by atoms with Crippen LogP contribution in [0.3, 0.4) is 0 Å². The summed E-state index contributed by atoms with van der Waals surface area (Å²) in [6, 6.07) is 0. The van der Waals surface area contributed by atoms with Crippen LogP contribution in [0.25, 0.3) is 0 Å². The first-order valence-corrected chi connectivity index (χ1v) is 3.33. The maximum Gasteiger partial charge on any atom is 0.189 e. The maximum absolute atomic E-state index is 4.07. The van der Waals surface area contributed by atoms with Gasteiger partial charge in [0.2, 0.25) is 0 Å². The smallest absolute Gasteiger partial charge is 0.189 e. The van der Waals surface area contributed by atoms with E-state index >= 15 is 0 Å². The van der Waals surface area contributed by atoms with Crippen molar-refractivity contribution >= 4 is 17.1 Å². The Bertz CT molecular complexity index is 125. The summed E-state index contributed by atoms with van der Waals surface area (Å²) >= 11 is 1.41. The Kier molecular flexibility index (Phi) is 2.56. The molecule has 9 heavy (non-hydrogen) atoms. The molecule has 1 rings (SSSR count). The van der Waals surface area contributed by atoms with Crippen LogP contribution in [0.2, 0.25) is 0 Å². The number of nitrogens with zero attached hydrogens (tertiary/aromatic N) is 1. The molecule has 0 aromatic rings. The molecule has 0 amide bonds. The molecule has 0 saturated carbocycles. The summed E-state index contributed by atoms with van der Waals surface area (Å²) in [6.07, 6.45) is 1.74. The van der Waals surface area contributed by atoms with Crippen LogP contribution in [0.4, 0.5) is 0 Å². The predicted molar refractivity (Wildman–Crippen MR) is 39.5 cm³/mol. The Morgan fingerprint density at radius 1 is 1.78 bits per heavy atom. The van der Waals surface area contributed by atoms with Crippen LogP contribution in [0.15, 0.2) is 17.6 Å². The average molecular weight is 144 g/mol. The van der Waals surface area contributed by atoms with Crippen molar-refractivity contribution in [2.45, 2.75) is 0 Å². The topological polar surface area (TPSA) is 48.5 Å². The summed E-state index contributed by atoms with van der Waals surface area (Å²) < 4.78 is 0. The first kappa shape index (κ1) is 6.60. The van der Waals surface area contributed by atoms with Gasteiger partial charge in [0.15, 0.2) is 5.17 Å². The zero-order valence-corrected chi connectivity index (χ0v) is 5.66. The highest BCUT2D eigenvalue weighted by atomic mass is 32.2. The second kappa shape index (κ2) is 3.49. The fourth-order valence-electron chi connectivity index (χ4n) is 0.398. The summed E-state index contributed by atoms with van der Waals surface area (Å²) in [5, 5.41) is 0.843. The zero-order chi connectivity index (χ0) is 6.53. The van der Waals surface area contributed by atoms with Crippen molar-refractivity contribution in [1.29, 1.82) is 0 Å². The molecule has 0 aliphatic carbocycles. The van der Waals surface area contributed by atoms with Crippen molar-refractivity contribution < 1.29 is 0 Å². The largest absolute Gasteiger partial charge is 0.285 e. The number of hydrogen-bond acceptors (Lipinski definition) is 4. The highest BCUT2D eigenvalue weighted by molar-refractivity contribution is 8.12. The van der Waals surface area contributed by atoms with Crippen LogP contribution >= 0.6 is 11.9 Å². The second-order valence-corrected chi connectivity index (χ2v) is 2.18. The summed E-state index contributed by atoms with van der Waals surface area (Å²) in [4.78, 5) is 6.84. The van der Waals surface area contributed by atoms with E-state index in [2.05, 4.69) is 27.4 Å². The molecule has 0 unspecified atom stereocenters. The third kappa shape index (κ3) is 2.05. The zero-order valence-electron chi connectivity index (χ0n) is 4.85. The number of rotatable bonds is 2. The molecule has 1 saturated heterocycles. The van der Waals surface area contributed by atoms with Crippen LogP contribution < -0.4 is 15.8 Å². The highest BCUT2D eigenvalue weighted by Crippen LogP contribution is 1.96. The third-order valence-electron chi connectivity index (χ3n) is 0.732. The van der Waals surface area contributed by atoms with Gasteiger partial charge in [-0.3, -0.25) is 10.4 Å². The van der Waals surface area contributed by atoms with E-state index in [1.165, 1.54) is 11.9 Å². The summed E-state index contributed by atoms with van der Waals surface area (Å²) in [6.45, 7) is 4.19. The molecule has 5 heteroatoms. The number of hydrazine groups is 2. The maximum atomic E-state index is 4.07. The van der Waals surface area contributed by atoms with E-state index in [1.807, 2.05) is 0 Å². The molecule has 3 N–H and O–H groups in total. The second-order valence-electron chi connectivity index (χ2n) is 1.39. The SMILES string of the molecule is C=CCN=C1NNNS1. The molecule has 0 bridgehead atoms. The van der Waals surface area contributed by atoms with E-state index in [4.69, 9.17) is 0 Å². The Morgan fingerprint density at radius 3 is 3.22 bits per heavy atom. The quantitative estimate of drug-likeness (QED) is 0.371. The van der Waals surface area contributed by atoms with Gasteiger partial charge in [0.1, 0.15) is 0 Å². The molecule has 0 spiro atoms. The normalized spacial score (nSPS) is 22.0. The molecule has 0 atom stereocenters. The van der Waals surface area contributed by atoms with Gasteiger partial charge in [-0.25, -0.2) is 0 Å². The summed E-state index contributed by atoms with van der Waals surface area (Å²) in [5.74, 6) is 0. The molecular weight excluding hydrogens is 136 g/mol. The molecule has 1 heterocycles. The molecule has 1 fully saturated rings. The van der Waals surface area contributed by atoms with Gasteiger partial charge in [0.05, 0.1) is 6.54 Å².